The quantitative estimate of drug-likeness (QED) is 0.391. The van der Waals surface area contributed by atoms with Gasteiger partial charge in [-0.1, -0.05) is 0 Å². The van der Waals surface area contributed by atoms with Crippen LogP contribution in [0.1, 0.15) is 12.5 Å². The molecular weight excluding hydrogens is 240 g/mol. The van der Waals surface area contributed by atoms with Crippen molar-refractivity contribution in [1.29, 1.82) is 0 Å². The van der Waals surface area contributed by atoms with Crippen molar-refractivity contribution in [3.05, 3.63) is 29.5 Å². The molecule has 1 aromatic heterocycles. The number of nitrogens with zero attached hydrogens (tertiary/aromatic N) is 1. The first kappa shape index (κ1) is 13.5. The lowest BCUT2D eigenvalue weighted by molar-refractivity contribution is -0.140. The number of carboxylic acid groups (broad SMARTS) is 2. The number of carbonyl (C=O) groups is 2. The van der Waals surface area contributed by atoms with E-state index in [9.17, 15) is 9.59 Å². The molecule has 7 heteroatoms. The van der Waals surface area contributed by atoms with Crippen molar-refractivity contribution in [3.8, 4) is 5.88 Å². The van der Waals surface area contributed by atoms with Gasteiger partial charge in [0.05, 0.1) is 12.3 Å². The predicted octanol–water partition coefficient (Wildman–Crippen LogP) is 0.319. The van der Waals surface area contributed by atoms with E-state index in [1.807, 2.05) is 0 Å². The van der Waals surface area contributed by atoms with E-state index < -0.39 is 17.5 Å². The molecule has 0 spiro atoms. The van der Waals surface area contributed by atoms with Crippen LogP contribution in [0, 0.1) is 0 Å². The first-order chi connectivity index (χ1) is 8.47. The molecule has 0 aliphatic carbocycles. The second kappa shape index (κ2) is 5.67. The molecule has 4 N–H and O–H groups in total. The lowest BCUT2D eigenvalue weighted by Crippen LogP contribution is -2.17. The first-order valence-electron chi connectivity index (χ1n) is 5.03. The Hall–Kier alpha value is -2.57. The molecule has 1 aromatic rings. The number of hydrogen-bond acceptors (Lipinski definition) is 5. The Bertz CT molecular complexity index is 477. The number of nitrogens with two attached hydrogens (primary N) is 1. The molecule has 7 nitrogen and oxygen atoms in total. The van der Waals surface area contributed by atoms with Gasteiger partial charge in [-0.25, -0.2) is 14.6 Å². The number of aromatic nitrogens is 1. The maximum atomic E-state index is 10.8. The highest BCUT2D eigenvalue weighted by molar-refractivity contribution is 6.18. The van der Waals surface area contributed by atoms with Gasteiger partial charge in [-0.2, -0.15) is 0 Å². The van der Waals surface area contributed by atoms with Gasteiger partial charge in [0.15, 0.2) is 5.57 Å². The van der Waals surface area contributed by atoms with Crippen LogP contribution in [0.3, 0.4) is 0 Å². The number of aliphatic carboxylic acids is 2. The summed E-state index contributed by atoms with van der Waals surface area (Å²) in [6.07, 6.45) is 1.26. The zero-order chi connectivity index (χ0) is 13.7. The summed E-state index contributed by atoms with van der Waals surface area (Å²) < 4.78 is 5.10. The normalized spacial score (nSPS) is 9.61. The van der Waals surface area contributed by atoms with E-state index in [0.717, 1.165) is 0 Å². The molecule has 0 fully saturated rings. The number of pyridine rings is 1. The van der Waals surface area contributed by atoms with Crippen LogP contribution in [0.25, 0.3) is 5.70 Å². The van der Waals surface area contributed by atoms with Crippen molar-refractivity contribution in [2.45, 2.75) is 6.92 Å². The van der Waals surface area contributed by atoms with E-state index >= 15 is 0 Å². The summed E-state index contributed by atoms with van der Waals surface area (Å²) in [7, 11) is 0. The van der Waals surface area contributed by atoms with Crippen molar-refractivity contribution in [1.82, 2.24) is 4.98 Å². The number of carboxylic acids is 2. The van der Waals surface area contributed by atoms with Crippen LogP contribution in [0.5, 0.6) is 5.88 Å². The highest BCUT2D eigenvalue weighted by Crippen LogP contribution is 2.16. The fourth-order valence-electron chi connectivity index (χ4n) is 1.24. The summed E-state index contributed by atoms with van der Waals surface area (Å²) in [5.74, 6) is -2.86. The second-order valence-corrected chi connectivity index (χ2v) is 3.22. The van der Waals surface area contributed by atoms with Crippen LogP contribution >= 0.6 is 0 Å². The van der Waals surface area contributed by atoms with Crippen LogP contribution in [0.4, 0.5) is 0 Å². The third-order valence-corrected chi connectivity index (χ3v) is 2.04. The Morgan fingerprint density at radius 2 is 1.94 bits per heavy atom. The van der Waals surface area contributed by atoms with Gasteiger partial charge in [-0.05, 0) is 13.0 Å². The minimum Gasteiger partial charge on any atom is -0.478 e. The van der Waals surface area contributed by atoms with Crippen LogP contribution in [0.2, 0.25) is 0 Å². The van der Waals surface area contributed by atoms with Crippen LogP contribution < -0.4 is 10.5 Å². The van der Waals surface area contributed by atoms with Crippen LogP contribution in [-0.2, 0) is 9.59 Å². The molecule has 0 radical (unpaired) electrons. The van der Waals surface area contributed by atoms with Crippen LogP contribution in [0.15, 0.2) is 23.9 Å². The smallest absolute Gasteiger partial charge is 0.345 e. The van der Waals surface area contributed by atoms with E-state index in [-0.39, 0.29) is 11.3 Å². The predicted molar refractivity (Wildman–Crippen MR) is 61.8 cm³/mol. The minimum atomic E-state index is -1.60. The van der Waals surface area contributed by atoms with E-state index in [1.54, 1.807) is 6.92 Å². The summed E-state index contributed by atoms with van der Waals surface area (Å²) in [4.78, 5) is 25.4. The van der Waals surface area contributed by atoms with Gasteiger partial charge < -0.3 is 20.7 Å². The Balaban J connectivity index is 3.15. The van der Waals surface area contributed by atoms with Crippen molar-refractivity contribution < 1.29 is 24.5 Å². The van der Waals surface area contributed by atoms with Gasteiger partial charge in [-0.15, -0.1) is 0 Å². The fourth-order valence-corrected chi connectivity index (χ4v) is 1.24. The molecule has 0 unspecified atom stereocenters. The minimum absolute atomic E-state index is 0.207. The average molecular weight is 252 g/mol. The summed E-state index contributed by atoms with van der Waals surface area (Å²) in [5.41, 5.74) is 4.47. The number of hydrogen-bond donors (Lipinski definition) is 3. The molecule has 96 valence electrons. The topological polar surface area (TPSA) is 123 Å². The molecule has 0 aliphatic rings. The Labute approximate surface area is 103 Å². The monoisotopic (exact) mass is 252 g/mol. The number of ether oxygens (including phenoxy) is 1. The molecule has 0 aliphatic heterocycles. The maximum absolute atomic E-state index is 10.8. The largest absolute Gasteiger partial charge is 0.478 e. The van der Waals surface area contributed by atoms with Crippen molar-refractivity contribution in [3.63, 3.8) is 0 Å². The highest BCUT2D eigenvalue weighted by Gasteiger charge is 2.21. The van der Waals surface area contributed by atoms with Gasteiger partial charge in [-0.3, -0.25) is 0 Å². The molecule has 0 atom stereocenters. The highest BCUT2D eigenvalue weighted by atomic mass is 16.5. The summed E-state index contributed by atoms with van der Waals surface area (Å²) >= 11 is 0. The fraction of sp³-hybridized carbons (Fsp3) is 0.182. The second-order valence-electron chi connectivity index (χ2n) is 3.22. The molecule has 1 rings (SSSR count). The van der Waals surface area contributed by atoms with Gasteiger partial charge in [0.1, 0.15) is 0 Å². The maximum Gasteiger partial charge on any atom is 0.345 e. The van der Waals surface area contributed by atoms with E-state index in [1.165, 1.54) is 18.3 Å². The summed E-state index contributed by atoms with van der Waals surface area (Å²) in [6, 6.07) is 2.92. The standard InChI is InChI=1S/C11H12N2O5/c1-2-18-7-4-3-6(5-13-7)9(12)8(10(14)15)11(16)17/h3-5H,2,12H2,1H3,(H,14,15)(H,16,17). The van der Waals surface area contributed by atoms with Gasteiger partial charge in [0.2, 0.25) is 5.88 Å². The third-order valence-electron chi connectivity index (χ3n) is 2.04. The first-order valence-corrected chi connectivity index (χ1v) is 5.03. The molecule has 0 amide bonds. The average Bonchev–Trinajstić information content (AvgIpc) is 2.29. The van der Waals surface area contributed by atoms with Gasteiger partial charge >= 0.3 is 11.9 Å². The van der Waals surface area contributed by atoms with E-state index in [2.05, 4.69) is 4.98 Å². The van der Waals surface area contributed by atoms with Crippen molar-refractivity contribution in [2.75, 3.05) is 6.61 Å². The molecule has 0 aromatic carbocycles. The molecule has 0 saturated heterocycles. The molecule has 0 bridgehead atoms. The Morgan fingerprint density at radius 3 is 2.33 bits per heavy atom. The number of rotatable bonds is 5. The van der Waals surface area contributed by atoms with Gasteiger partial charge in [0, 0.05) is 17.8 Å². The third kappa shape index (κ3) is 2.97. The molecule has 0 saturated carbocycles. The Kier molecular flexibility index (Phi) is 4.25. The lowest BCUT2D eigenvalue weighted by atomic mass is 10.1. The zero-order valence-corrected chi connectivity index (χ0v) is 9.58. The molecule has 1 heterocycles. The Morgan fingerprint density at radius 1 is 1.33 bits per heavy atom. The lowest BCUT2D eigenvalue weighted by Gasteiger charge is -2.06. The summed E-state index contributed by atoms with van der Waals surface area (Å²) in [6.45, 7) is 2.23. The SMILES string of the molecule is CCOc1ccc(C(N)=C(C(=O)O)C(=O)O)cn1. The van der Waals surface area contributed by atoms with E-state index in [4.69, 9.17) is 20.7 Å². The molecular formula is C11H12N2O5. The molecule has 18 heavy (non-hydrogen) atoms. The van der Waals surface area contributed by atoms with Crippen LogP contribution in [-0.4, -0.2) is 33.7 Å². The summed E-state index contributed by atoms with van der Waals surface area (Å²) in [5, 5.41) is 17.5. The zero-order valence-electron chi connectivity index (χ0n) is 9.58. The van der Waals surface area contributed by atoms with E-state index in [0.29, 0.717) is 12.5 Å². The van der Waals surface area contributed by atoms with Gasteiger partial charge in [0.25, 0.3) is 0 Å². The van der Waals surface area contributed by atoms with Crippen molar-refractivity contribution >= 4 is 17.6 Å². The van der Waals surface area contributed by atoms with Crippen molar-refractivity contribution in [2.24, 2.45) is 5.73 Å².